The second-order valence-electron chi connectivity index (χ2n) is 4.38. The molecule has 0 unspecified atom stereocenters. The Balaban J connectivity index is 1.95. The third kappa shape index (κ3) is 1.81. The first-order chi connectivity index (χ1) is 7.83. The van der Waals surface area contributed by atoms with E-state index in [9.17, 15) is 0 Å². The van der Waals surface area contributed by atoms with Crippen molar-refractivity contribution in [2.45, 2.75) is 25.8 Å². The Kier molecular flexibility index (Phi) is 2.17. The lowest BCUT2D eigenvalue weighted by Crippen LogP contribution is -2.07. The molecule has 3 heteroatoms. The summed E-state index contributed by atoms with van der Waals surface area (Å²) in [4.78, 5) is 4.35. The largest absolute Gasteiger partial charge is 0.353 e. The Bertz CT molecular complexity index is 497. The van der Waals surface area contributed by atoms with E-state index < -0.39 is 0 Å². The van der Waals surface area contributed by atoms with Gasteiger partial charge in [-0.15, -0.1) is 0 Å². The highest BCUT2D eigenvalue weighted by Crippen LogP contribution is 2.25. The van der Waals surface area contributed by atoms with Gasteiger partial charge in [0.2, 0.25) is 5.95 Å². The van der Waals surface area contributed by atoms with Crippen molar-refractivity contribution in [3.8, 4) is 5.69 Å². The molecule has 0 aliphatic heterocycles. The second kappa shape index (κ2) is 3.67. The number of nitrogens with one attached hydrogen (secondary N) is 1. The summed E-state index contributed by atoms with van der Waals surface area (Å²) in [7, 11) is 0. The van der Waals surface area contributed by atoms with Crippen LogP contribution in [0.3, 0.4) is 0 Å². The Labute approximate surface area is 95.1 Å². The van der Waals surface area contributed by atoms with Crippen molar-refractivity contribution < 1.29 is 0 Å². The Hall–Kier alpha value is -1.77. The summed E-state index contributed by atoms with van der Waals surface area (Å²) in [5, 5.41) is 3.43. The van der Waals surface area contributed by atoms with Gasteiger partial charge in [-0.25, -0.2) is 4.98 Å². The Morgan fingerprint density at radius 3 is 3.00 bits per heavy atom. The van der Waals surface area contributed by atoms with Crippen LogP contribution in [-0.4, -0.2) is 15.6 Å². The number of anilines is 1. The number of aromatic nitrogens is 2. The highest BCUT2D eigenvalue weighted by molar-refractivity contribution is 5.44. The van der Waals surface area contributed by atoms with Crippen LogP contribution < -0.4 is 5.32 Å². The van der Waals surface area contributed by atoms with Crippen molar-refractivity contribution in [3.63, 3.8) is 0 Å². The minimum absolute atomic E-state index is 0.631. The van der Waals surface area contributed by atoms with Crippen LogP contribution in [0.15, 0.2) is 36.7 Å². The van der Waals surface area contributed by atoms with Crippen LogP contribution in [-0.2, 0) is 0 Å². The van der Waals surface area contributed by atoms with Crippen LogP contribution in [0.1, 0.15) is 18.4 Å². The van der Waals surface area contributed by atoms with Crippen LogP contribution in [0, 0.1) is 6.92 Å². The van der Waals surface area contributed by atoms with E-state index in [1.54, 1.807) is 0 Å². The summed E-state index contributed by atoms with van der Waals surface area (Å²) in [5.74, 6) is 0.952. The van der Waals surface area contributed by atoms with Gasteiger partial charge in [0.25, 0.3) is 0 Å². The van der Waals surface area contributed by atoms with Gasteiger partial charge in [0.1, 0.15) is 0 Å². The van der Waals surface area contributed by atoms with Crippen molar-refractivity contribution in [3.05, 3.63) is 42.2 Å². The molecule has 82 valence electrons. The number of hydrogen-bond acceptors (Lipinski definition) is 2. The van der Waals surface area contributed by atoms with Crippen LogP contribution in [0.4, 0.5) is 5.95 Å². The fraction of sp³-hybridized carbons (Fsp3) is 0.308. The molecule has 2 aromatic rings. The number of rotatable bonds is 3. The lowest BCUT2D eigenvalue weighted by Gasteiger charge is -2.09. The maximum absolute atomic E-state index is 4.35. The molecule has 0 spiro atoms. The molecule has 3 rings (SSSR count). The number of hydrogen-bond donors (Lipinski definition) is 1. The average Bonchev–Trinajstić information content (AvgIpc) is 2.95. The zero-order chi connectivity index (χ0) is 11.0. The molecule has 3 nitrogen and oxygen atoms in total. The Morgan fingerprint density at radius 1 is 1.38 bits per heavy atom. The first-order valence-corrected chi connectivity index (χ1v) is 5.70. The van der Waals surface area contributed by atoms with E-state index in [-0.39, 0.29) is 0 Å². The van der Waals surface area contributed by atoms with Crippen LogP contribution >= 0.6 is 0 Å². The smallest absolute Gasteiger partial charge is 0.207 e. The van der Waals surface area contributed by atoms with Crippen LogP contribution in [0.5, 0.6) is 0 Å². The molecule has 1 N–H and O–H groups in total. The monoisotopic (exact) mass is 213 g/mol. The molecular formula is C13H15N3. The number of benzene rings is 1. The molecule has 0 atom stereocenters. The SMILES string of the molecule is Cc1cccc(-n2ccnc2NC2CC2)c1. The summed E-state index contributed by atoms with van der Waals surface area (Å²) < 4.78 is 2.10. The summed E-state index contributed by atoms with van der Waals surface area (Å²) in [6, 6.07) is 9.08. The molecule has 1 aliphatic carbocycles. The third-order valence-electron chi connectivity index (χ3n) is 2.83. The molecule has 1 heterocycles. The molecule has 0 amide bonds. The molecule has 1 aromatic carbocycles. The quantitative estimate of drug-likeness (QED) is 0.849. The van der Waals surface area contributed by atoms with Gasteiger partial charge in [-0.05, 0) is 37.5 Å². The molecule has 0 bridgehead atoms. The van der Waals surface area contributed by atoms with Gasteiger partial charge in [-0.1, -0.05) is 12.1 Å². The van der Waals surface area contributed by atoms with Gasteiger partial charge >= 0.3 is 0 Å². The summed E-state index contributed by atoms with van der Waals surface area (Å²) in [5.41, 5.74) is 2.43. The van der Waals surface area contributed by atoms with Gasteiger partial charge in [-0.2, -0.15) is 0 Å². The van der Waals surface area contributed by atoms with Gasteiger partial charge in [-0.3, -0.25) is 4.57 Å². The molecular weight excluding hydrogens is 198 g/mol. The van der Waals surface area contributed by atoms with E-state index in [0.29, 0.717) is 6.04 Å². The lowest BCUT2D eigenvalue weighted by molar-refractivity contribution is 1.00. The minimum Gasteiger partial charge on any atom is -0.353 e. The first-order valence-electron chi connectivity index (χ1n) is 5.70. The van der Waals surface area contributed by atoms with E-state index in [0.717, 1.165) is 5.95 Å². The molecule has 0 radical (unpaired) electrons. The van der Waals surface area contributed by atoms with Crippen molar-refractivity contribution in [2.24, 2.45) is 0 Å². The molecule has 1 aromatic heterocycles. The lowest BCUT2D eigenvalue weighted by atomic mass is 10.2. The van der Waals surface area contributed by atoms with Gasteiger partial charge < -0.3 is 5.32 Å². The summed E-state index contributed by atoms with van der Waals surface area (Å²) in [6.07, 6.45) is 6.37. The van der Waals surface area contributed by atoms with E-state index in [1.807, 2.05) is 12.4 Å². The van der Waals surface area contributed by atoms with E-state index in [2.05, 4.69) is 46.1 Å². The zero-order valence-corrected chi connectivity index (χ0v) is 9.35. The standard InChI is InChI=1S/C13H15N3/c1-10-3-2-4-12(9-10)16-8-7-14-13(16)15-11-5-6-11/h2-4,7-9,11H,5-6H2,1H3,(H,14,15). The van der Waals surface area contributed by atoms with Crippen molar-refractivity contribution in [2.75, 3.05) is 5.32 Å². The van der Waals surface area contributed by atoms with Crippen LogP contribution in [0.25, 0.3) is 5.69 Å². The summed E-state index contributed by atoms with van der Waals surface area (Å²) in [6.45, 7) is 2.11. The van der Waals surface area contributed by atoms with Crippen molar-refractivity contribution in [1.29, 1.82) is 0 Å². The molecule has 0 saturated heterocycles. The maximum atomic E-state index is 4.35. The fourth-order valence-corrected chi connectivity index (χ4v) is 1.81. The fourth-order valence-electron chi connectivity index (χ4n) is 1.81. The van der Waals surface area contributed by atoms with Crippen LogP contribution in [0.2, 0.25) is 0 Å². The topological polar surface area (TPSA) is 29.9 Å². The summed E-state index contributed by atoms with van der Waals surface area (Å²) >= 11 is 0. The number of nitrogens with zero attached hydrogens (tertiary/aromatic N) is 2. The average molecular weight is 213 g/mol. The molecule has 1 fully saturated rings. The first kappa shape index (κ1) is 9.46. The minimum atomic E-state index is 0.631. The normalized spacial score (nSPS) is 15.1. The van der Waals surface area contributed by atoms with E-state index >= 15 is 0 Å². The molecule has 1 aliphatic rings. The van der Waals surface area contributed by atoms with E-state index in [4.69, 9.17) is 0 Å². The second-order valence-corrected chi connectivity index (χ2v) is 4.38. The molecule has 16 heavy (non-hydrogen) atoms. The van der Waals surface area contributed by atoms with E-state index in [1.165, 1.54) is 24.1 Å². The Morgan fingerprint density at radius 2 is 2.25 bits per heavy atom. The molecule has 1 saturated carbocycles. The highest BCUT2D eigenvalue weighted by atomic mass is 15.2. The number of imidazole rings is 1. The number of aryl methyl sites for hydroxylation is 1. The highest BCUT2D eigenvalue weighted by Gasteiger charge is 2.22. The predicted octanol–water partition coefficient (Wildman–Crippen LogP) is 2.76. The zero-order valence-electron chi connectivity index (χ0n) is 9.35. The van der Waals surface area contributed by atoms with Gasteiger partial charge in [0.15, 0.2) is 0 Å². The maximum Gasteiger partial charge on any atom is 0.207 e. The van der Waals surface area contributed by atoms with Gasteiger partial charge in [0, 0.05) is 24.1 Å². The third-order valence-corrected chi connectivity index (χ3v) is 2.83. The van der Waals surface area contributed by atoms with Crippen molar-refractivity contribution >= 4 is 5.95 Å². The predicted molar refractivity (Wildman–Crippen MR) is 64.9 cm³/mol. The van der Waals surface area contributed by atoms with Gasteiger partial charge in [0.05, 0.1) is 0 Å². The van der Waals surface area contributed by atoms with Crippen molar-refractivity contribution in [1.82, 2.24) is 9.55 Å².